The van der Waals surface area contributed by atoms with Gasteiger partial charge in [-0.3, -0.25) is 4.57 Å². The summed E-state index contributed by atoms with van der Waals surface area (Å²) in [6.45, 7) is -0.109. The average Bonchev–Trinajstić information content (AvgIpc) is 3.35. The lowest BCUT2D eigenvalue weighted by Crippen LogP contribution is -2.27. The zero-order chi connectivity index (χ0) is 20.1. The Morgan fingerprint density at radius 1 is 1.07 bits per heavy atom. The predicted octanol–water partition coefficient (Wildman–Crippen LogP) is 2.83. The predicted molar refractivity (Wildman–Crippen MR) is 99.7 cm³/mol. The first-order chi connectivity index (χ1) is 13.4. The molecule has 0 bridgehead atoms. The third-order valence-corrected chi connectivity index (χ3v) is 4.97. The maximum Gasteiger partial charge on any atom is 0.267 e. The molecule has 0 radical (unpaired) electrons. The molecule has 1 aromatic carbocycles. The number of ether oxygens (including phenoxy) is 3. The van der Waals surface area contributed by atoms with Crippen LogP contribution in [-0.4, -0.2) is 60.1 Å². The molecule has 4 rings (SSSR count). The van der Waals surface area contributed by atoms with Gasteiger partial charge in [-0.05, 0) is 6.07 Å². The Morgan fingerprint density at radius 2 is 1.82 bits per heavy atom. The number of aromatic nitrogens is 4. The van der Waals surface area contributed by atoms with Gasteiger partial charge in [-0.1, -0.05) is 0 Å². The van der Waals surface area contributed by atoms with E-state index in [9.17, 15) is 8.78 Å². The summed E-state index contributed by atoms with van der Waals surface area (Å²) in [6, 6.07) is 3.67. The zero-order valence-electron chi connectivity index (χ0n) is 16.0. The van der Waals surface area contributed by atoms with E-state index in [2.05, 4.69) is 15.2 Å². The fraction of sp³-hybridized carbons (Fsp3) is 0.444. The number of hydrogen-bond acceptors (Lipinski definition) is 6. The lowest BCUT2D eigenvalue weighted by atomic mass is 10.2. The number of nitrogens with zero attached hydrogens (tertiary/aromatic N) is 4. The van der Waals surface area contributed by atoms with Crippen molar-refractivity contribution in [3.63, 3.8) is 0 Å². The van der Waals surface area contributed by atoms with Crippen LogP contribution in [-0.2, 0) is 7.05 Å². The highest BCUT2D eigenvalue weighted by Gasteiger charge is 2.40. The van der Waals surface area contributed by atoms with Crippen LogP contribution in [0.4, 0.5) is 14.7 Å². The van der Waals surface area contributed by atoms with Crippen molar-refractivity contribution >= 4 is 16.9 Å². The summed E-state index contributed by atoms with van der Waals surface area (Å²) in [5.74, 6) is -0.220. The van der Waals surface area contributed by atoms with E-state index in [0.29, 0.717) is 34.7 Å². The van der Waals surface area contributed by atoms with Crippen molar-refractivity contribution in [2.24, 2.45) is 7.05 Å². The number of H-pyrrole nitrogens is 1. The van der Waals surface area contributed by atoms with Crippen molar-refractivity contribution < 1.29 is 23.0 Å². The number of fused-ring (bicyclic) bond motifs is 1. The van der Waals surface area contributed by atoms with E-state index < -0.39 is 5.92 Å². The van der Waals surface area contributed by atoms with E-state index in [-0.39, 0.29) is 19.5 Å². The Bertz CT molecular complexity index is 1030. The Labute approximate surface area is 160 Å². The smallest absolute Gasteiger partial charge is 0.267 e. The normalized spacial score (nSPS) is 16.0. The Hall–Kier alpha value is -3.04. The molecule has 2 aromatic heterocycles. The van der Waals surface area contributed by atoms with Crippen LogP contribution >= 0.6 is 0 Å². The minimum Gasteiger partial charge on any atom is -0.493 e. The largest absolute Gasteiger partial charge is 0.493 e. The van der Waals surface area contributed by atoms with Crippen LogP contribution in [0.5, 0.6) is 17.2 Å². The summed E-state index contributed by atoms with van der Waals surface area (Å²) in [4.78, 5) is 4.82. The highest BCUT2D eigenvalue weighted by atomic mass is 19.3. The molecule has 0 atom stereocenters. The van der Waals surface area contributed by atoms with Gasteiger partial charge in [-0.25, -0.2) is 8.78 Å². The molecule has 10 heteroatoms. The van der Waals surface area contributed by atoms with Gasteiger partial charge in [0.25, 0.3) is 5.92 Å². The van der Waals surface area contributed by atoms with Gasteiger partial charge >= 0.3 is 0 Å². The molecule has 3 aromatic rings. The van der Waals surface area contributed by atoms with Crippen LogP contribution in [0.1, 0.15) is 6.42 Å². The van der Waals surface area contributed by atoms with E-state index in [0.717, 1.165) is 10.9 Å². The van der Waals surface area contributed by atoms with Gasteiger partial charge in [-0.2, -0.15) is 0 Å². The molecule has 1 N–H and O–H groups in total. The monoisotopic (exact) mass is 393 g/mol. The highest BCUT2D eigenvalue weighted by Crippen LogP contribution is 2.44. The van der Waals surface area contributed by atoms with E-state index in [1.807, 2.05) is 6.07 Å². The van der Waals surface area contributed by atoms with Crippen LogP contribution in [0.2, 0.25) is 0 Å². The number of methoxy groups -OCH3 is 3. The molecule has 150 valence electrons. The molecule has 28 heavy (non-hydrogen) atoms. The fourth-order valence-electron chi connectivity index (χ4n) is 3.61. The van der Waals surface area contributed by atoms with Gasteiger partial charge in [-0.15, -0.1) is 10.2 Å². The number of rotatable bonds is 5. The van der Waals surface area contributed by atoms with E-state index in [4.69, 9.17) is 14.2 Å². The molecular weight excluding hydrogens is 372 g/mol. The van der Waals surface area contributed by atoms with Gasteiger partial charge in [0.15, 0.2) is 17.3 Å². The van der Waals surface area contributed by atoms with Crippen LogP contribution in [0, 0.1) is 0 Å². The fourth-order valence-corrected chi connectivity index (χ4v) is 3.61. The summed E-state index contributed by atoms with van der Waals surface area (Å²) >= 11 is 0. The molecule has 3 heterocycles. The van der Waals surface area contributed by atoms with Crippen molar-refractivity contribution in [1.82, 2.24) is 19.7 Å². The second-order valence-corrected chi connectivity index (χ2v) is 6.70. The van der Waals surface area contributed by atoms with E-state index in [1.54, 1.807) is 43.9 Å². The number of halogens is 2. The average molecular weight is 393 g/mol. The number of anilines is 1. The molecule has 0 aliphatic carbocycles. The number of benzene rings is 1. The molecule has 1 saturated heterocycles. The van der Waals surface area contributed by atoms with Crippen molar-refractivity contribution in [2.45, 2.75) is 12.3 Å². The number of aromatic amines is 1. The van der Waals surface area contributed by atoms with E-state index >= 15 is 0 Å². The first kappa shape index (κ1) is 18.3. The summed E-state index contributed by atoms with van der Waals surface area (Å²) in [5.41, 5.74) is 1.44. The van der Waals surface area contributed by atoms with Gasteiger partial charge in [0.05, 0.1) is 39.1 Å². The molecule has 0 amide bonds. The standard InChI is InChI=1S/C18H21F2N5O3/c1-24-16(22-23-17(24)25-6-5-18(19,20)9-25)12-7-10-11(21-12)8-13(26-2)15(28-4)14(10)27-3/h7-8,21H,5-6,9H2,1-4H3. The SMILES string of the molecule is COc1cc2[nH]c(-c3nnc(N4CCC(F)(F)C4)n3C)cc2c(OC)c1OC. The highest BCUT2D eigenvalue weighted by molar-refractivity contribution is 5.94. The number of alkyl halides is 2. The molecular formula is C18H21F2N5O3. The molecule has 1 fully saturated rings. The summed E-state index contributed by atoms with van der Waals surface area (Å²) in [7, 11) is 6.40. The van der Waals surface area contributed by atoms with E-state index in [1.165, 1.54) is 0 Å². The van der Waals surface area contributed by atoms with Crippen LogP contribution in [0.15, 0.2) is 12.1 Å². The molecule has 1 aliphatic rings. The third-order valence-electron chi connectivity index (χ3n) is 4.97. The Kier molecular flexibility index (Phi) is 4.28. The molecule has 1 aliphatic heterocycles. The Morgan fingerprint density at radius 3 is 2.43 bits per heavy atom. The minimum absolute atomic E-state index is 0.182. The van der Waals surface area contributed by atoms with Gasteiger partial charge in [0.1, 0.15) is 0 Å². The van der Waals surface area contributed by atoms with Gasteiger partial charge < -0.3 is 24.1 Å². The Balaban J connectivity index is 1.78. The quantitative estimate of drug-likeness (QED) is 0.718. The molecule has 0 unspecified atom stereocenters. The first-order valence-electron chi connectivity index (χ1n) is 8.72. The maximum absolute atomic E-state index is 13.6. The van der Waals surface area contributed by atoms with Crippen LogP contribution in [0.25, 0.3) is 22.4 Å². The molecule has 0 saturated carbocycles. The summed E-state index contributed by atoms with van der Waals surface area (Å²) in [5, 5.41) is 9.12. The summed E-state index contributed by atoms with van der Waals surface area (Å²) < 4.78 is 45.2. The first-order valence-corrected chi connectivity index (χ1v) is 8.72. The topological polar surface area (TPSA) is 77.4 Å². The van der Waals surface area contributed by atoms with Crippen LogP contribution in [0.3, 0.4) is 0 Å². The lowest BCUT2D eigenvalue weighted by molar-refractivity contribution is 0.0256. The van der Waals surface area contributed by atoms with Gasteiger partial charge in [0.2, 0.25) is 11.7 Å². The van der Waals surface area contributed by atoms with Crippen molar-refractivity contribution in [3.8, 4) is 28.8 Å². The number of hydrogen-bond donors (Lipinski definition) is 1. The van der Waals surface area contributed by atoms with Crippen molar-refractivity contribution in [2.75, 3.05) is 39.3 Å². The maximum atomic E-state index is 13.6. The van der Waals surface area contributed by atoms with Crippen molar-refractivity contribution in [1.29, 1.82) is 0 Å². The third kappa shape index (κ3) is 2.79. The summed E-state index contributed by atoms with van der Waals surface area (Å²) in [6.07, 6.45) is -0.182. The van der Waals surface area contributed by atoms with Crippen molar-refractivity contribution in [3.05, 3.63) is 12.1 Å². The molecule has 0 spiro atoms. The lowest BCUT2D eigenvalue weighted by Gasteiger charge is -2.16. The molecule has 8 nitrogen and oxygen atoms in total. The van der Waals surface area contributed by atoms with Gasteiger partial charge in [0, 0.05) is 31.5 Å². The van der Waals surface area contributed by atoms with Crippen LogP contribution < -0.4 is 19.1 Å². The minimum atomic E-state index is -2.70. The zero-order valence-corrected chi connectivity index (χ0v) is 16.0. The second kappa shape index (κ2) is 6.54. The number of nitrogens with one attached hydrogen (secondary N) is 1. The second-order valence-electron chi connectivity index (χ2n) is 6.70.